The fourth-order valence-corrected chi connectivity index (χ4v) is 5.76. The molecular formula is C27H35FN2O2. The molecule has 5 rings (SSSR count). The lowest BCUT2D eigenvalue weighted by Gasteiger charge is -2.40. The number of methoxy groups -OCH3 is 1. The molecule has 32 heavy (non-hydrogen) atoms. The van der Waals surface area contributed by atoms with Crippen LogP contribution in [-0.2, 0) is 6.54 Å². The van der Waals surface area contributed by atoms with Crippen LogP contribution in [-0.4, -0.2) is 44.8 Å². The van der Waals surface area contributed by atoms with Gasteiger partial charge in [-0.3, -0.25) is 0 Å². The van der Waals surface area contributed by atoms with E-state index in [1.165, 1.54) is 49.3 Å². The van der Waals surface area contributed by atoms with Crippen LogP contribution in [0.1, 0.15) is 54.7 Å². The molecule has 0 amide bonds. The van der Waals surface area contributed by atoms with Gasteiger partial charge in [-0.05, 0) is 92.5 Å². The number of nitrogens with one attached hydrogen (secondary N) is 1. The minimum atomic E-state index is -0.202. The summed E-state index contributed by atoms with van der Waals surface area (Å²) in [5, 5.41) is 3.49. The van der Waals surface area contributed by atoms with Gasteiger partial charge in [0.05, 0.1) is 7.11 Å². The second kappa shape index (κ2) is 9.40. The van der Waals surface area contributed by atoms with E-state index in [1.54, 1.807) is 7.11 Å². The molecular weight excluding hydrogens is 403 g/mol. The zero-order valence-corrected chi connectivity index (χ0v) is 19.3. The van der Waals surface area contributed by atoms with E-state index >= 15 is 0 Å². The van der Waals surface area contributed by atoms with Crippen LogP contribution < -0.4 is 14.8 Å². The Hall–Kier alpha value is -2.11. The third-order valence-electron chi connectivity index (χ3n) is 7.74. The maximum atomic E-state index is 14.9. The molecule has 3 aliphatic rings. The quantitative estimate of drug-likeness (QED) is 0.691. The van der Waals surface area contributed by atoms with Crippen LogP contribution in [0.2, 0.25) is 0 Å². The lowest BCUT2D eigenvalue weighted by Crippen LogP contribution is -2.43. The van der Waals surface area contributed by atoms with Crippen LogP contribution in [0.25, 0.3) is 0 Å². The predicted molar refractivity (Wildman–Crippen MR) is 125 cm³/mol. The molecule has 0 bridgehead atoms. The summed E-state index contributed by atoms with van der Waals surface area (Å²) in [4.78, 5) is 2.27. The molecule has 2 unspecified atom stereocenters. The van der Waals surface area contributed by atoms with Crippen LogP contribution in [0.15, 0.2) is 36.4 Å². The fraction of sp³-hybridized carbons (Fsp3) is 0.556. The third-order valence-corrected chi connectivity index (χ3v) is 7.74. The maximum absolute atomic E-state index is 14.9. The molecule has 2 heterocycles. The van der Waals surface area contributed by atoms with Gasteiger partial charge in [-0.25, -0.2) is 4.39 Å². The summed E-state index contributed by atoms with van der Waals surface area (Å²) in [6.07, 6.45) is 6.64. The van der Waals surface area contributed by atoms with Gasteiger partial charge < -0.3 is 19.7 Å². The van der Waals surface area contributed by atoms with Gasteiger partial charge >= 0.3 is 0 Å². The highest BCUT2D eigenvalue weighted by Gasteiger charge is 2.36. The summed E-state index contributed by atoms with van der Waals surface area (Å²) in [5.74, 6) is 2.67. The van der Waals surface area contributed by atoms with Gasteiger partial charge in [0, 0.05) is 25.1 Å². The van der Waals surface area contributed by atoms with E-state index in [0.29, 0.717) is 23.7 Å². The number of rotatable bonds is 6. The number of ether oxygens (including phenoxy) is 2. The molecule has 2 fully saturated rings. The van der Waals surface area contributed by atoms with E-state index in [0.717, 1.165) is 37.5 Å². The Morgan fingerprint density at radius 1 is 0.969 bits per heavy atom. The van der Waals surface area contributed by atoms with Crippen molar-refractivity contribution in [2.24, 2.45) is 11.8 Å². The van der Waals surface area contributed by atoms with Crippen LogP contribution in [0, 0.1) is 17.7 Å². The van der Waals surface area contributed by atoms with Crippen LogP contribution in [0.3, 0.4) is 0 Å². The number of piperidine rings is 1. The van der Waals surface area contributed by atoms with Crippen molar-refractivity contribution in [3.8, 4) is 11.5 Å². The van der Waals surface area contributed by atoms with Crippen LogP contribution in [0.4, 0.5) is 4.39 Å². The first-order chi connectivity index (χ1) is 15.6. The van der Waals surface area contributed by atoms with Gasteiger partial charge in [0.15, 0.2) is 0 Å². The SMILES string of the molecule is COc1ccc(C2CN(C)Cc3cc(OC(C4CCC4)C4CCNCC4)ccc32)c(F)c1. The maximum Gasteiger partial charge on any atom is 0.130 e. The van der Waals surface area contributed by atoms with Crippen molar-refractivity contribution in [3.05, 3.63) is 58.9 Å². The second-order valence-corrected chi connectivity index (χ2v) is 9.86. The number of halogens is 1. The first-order valence-electron chi connectivity index (χ1n) is 12.1. The zero-order chi connectivity index (χ0) is 22.1. The molecule has 1 aliphatic carbocycles. The molecule has 0 radical (unpaired) electrons. The van der Waals surface area contributed by atoms with Gasteiger partial charge in [-0.2, -0.15) is 0 Å². The van der Waals surface area contributed by atoms with Crippen molar-refractivity contribution in [1.29, 1.82) is 0 Å². The molecule has 2 aromatic rings. The predicted octanol–water partition coefficient (Wildman–Crippen LogP) is 4.96. The van der Waals surface area contributed by atoms with E-state index in [1.807, 2.05) is 12.1 Å². The fourth-order valence-electron chi connectivity index (χ4n) is 5.76. The van der Waals surface area contributed by atoms with Gasteiger partial charge in [0.1, 0.15) is 23.4 Å². The summed E-state index contributed by atoms with van der Waals surface area (Å²) in [5.41, 5.74) is 3.19. The first kappa shape index (κ1) is 21.7. The number of likely N-dealkylation sites (N-methyl/N-ethyl adjacent to an activating group) is 1. The minimum Gasteiger partial charge on any atom is -0.497 e. The molecule has 2 aliphatic heterocycles. The summed E-state index contributed by atoms with van der Waals surface area (Å²) in [7, 11) is 3.68. The number of hydrogen-bond donors (Lipinski definition) is 1. The van der Waals surface area contributed by atoms with Crippen molar-refractivity contribution < 1.29 is 13.9 Å². The Morgan fingerprint density at radius 3 is 2.38 bits per heavy atom. The number of benzene rings is 2. The van der Waals surface area contributed by atoms with Crippen molar-refractivity contribution >= 4 is 0 Å². The molecule has 1 saturated carbocycles. The Morgan fingerprint density at radius 2 is 1.69 bits per heavy atom. The number of hydrogen-bond acceptors (Lipinski definition) is 4. The molecule has 0 spiro atoms. The standard InChI is InChI=1S/C27H35FN2O2/c1-30-16-20-14-22(32-27(18-4-3-5-18)19-10-12-29-13-11-19)7-8-23(20)25(17-30)24-9-6-21(31-2)15-26(24)28/h6-9,14-15,18-19,25,27,29H,3-5,10-13,16-17H2,1-2H3. The highest BCUT2D eigenvalue weighted by atomic mass is 19.1. The Bertz CT molecular complexity index is 939. The summed E-state index contributed by atoms with van der Waals surface area (Å²) in [6.45, 7) is 3.86. The van der Waals surface area contributed by atoms with Crippen LogP contribution >= 0.6 is 0 Å². The summed E-state index contributed by atoms with van der Waals surface area (Å²) >= 11 is 0. The largest absolute Gasteiger partial charge is 0.497 e. The average Bonchev–Trinajstić information content (AvgIpc) is 2.77. The number of nitrogens with zero attached hydrogens (tertiary/aromatic N) is 1. The Kier molecular flexibility index (Phi) is 6.38. The van der Waals surface area contributed by atoms with Crippen molar-refractivity contribution in [1.82, 2.24) is 10.2 Å². The average molecular weight is 439 g/mol. The molecule has 4 nitrogen and oxygen atoms in total. The van der Waals surface area contributed by atoms with Gasteiger partial charge in [0.2, 0.25) is 0 Å². The lowest BCUT2D eigenvalue weighted by atomic mass is 9.74. The molecule has 0 aromatic heterocycles. The summed E-state index contributed by atoms with van der Waals surface area (Å²) in [6, 6.07) is 11.7. The normalized spacial score (nSPS) is 23.3. The highest BCUT2D eigenvalue weighted by Crippen LogP contribution is 2.40. The van der Waals surface area contributed by atoms with E-state index < -0.39 is 0 Å². The zero-order valence-electron chi connectivity index (χ0n) is 19.3. The molecule has 1 saturated heterocycles. The third kappa shape index (κ3) is 4.38. The van der Waals surface area contributed by atoms with Gasteiger partial charge in [0.25, 0.3) is 0 Å². The van der Waals surface area contributed by atoms with E-state index in [2.05, 4.69) is 35.5 Å². The van der Waals surface area contributed by atoms with Crippen LogP contribution in [0.5, 0.6) is 11.5 Å². The number of fused-ring (bicyclic) bond motifs is 1. The van der Waals surface area contributed by atoms with Gasteiger partial charge in [-0.1, -0.05) is 18.6 Å². The molecule has 2 aromatic carbocycles. The first-order valence-corrected chi connectivity index (χ1v) is 12.1. The van der Waals surface area contributed by atoms with E-state index in [4.69, 9.17) is 9.47 Å². The molecule has 1 N–H and O–H groups in total. The van der Waals surface area contributed by atoms with Crippen molar-refractivity contribution in [3.63, 3.8) is 0 Å². The smallest absolute Gasteiger partial charge is 0.130 e. The minimum absolute atomic E-state index is 0.00977. The Balaban J connectivity index is 1.41. The monoisotopic (exact) mass is 438 g/mol. The molecule has 2 atom stereocenters. The molecule has 5 heteroatoms. The van der Waals surface area contributed by atoms with Crippen molar-refractivity contribution in [2.45, 2.75) is 50.7 Å². The second-order valence-electron chi connectivity index (χ2n) is 9.86. The van der Waals surface area contributed by atoms with E-state index in [9.17, 15) is 4.39 Å². The topological polar surface area (TPSA) is 33.7 Å². The summed E-state index contributed by atoms with van der Waals surface area (Å²) < 4.78 is 26.8. The van der Waals surface area contributed by atoms with Gasteiger partial charge in [-0.15, -0.1) is 0 Å². The molecule has 172 valence electrons. The van der Waals surface area contributed by atoms with Crippen molar-refractivity contribution in [2.75, 3.05) is 33.8 Å². The lowest BCUT2D eigenvalue weighted by molar-refractivity contribution is 0.0239. The Labute approximate surface area is 191 Å². The van der Waals surface area contributed by atoms with E-state index in [-0.39, 0.29) is 11.7 Å². The highest BCUT2D eigenvalue weighted by molar-refractivity contribution is 5.45.